The number of aldehydes is 1. The van der Waals surface area contributed by atoms with Crippen molar-refractivity contribution in [2.24, 2.45) is 0 Å². The molecule has 0 saturated carbocycles. The zero-order valence-electron chi connectivity index (χ0n) is 6.50. The van der Waals surface area contributed by atoms with E-state index in [2.05, 4.69) is 0 Å². The van der Waals surface area contributed by atoms with Crippen molar-refractivity contribution in [3.8, 4) is 0 Å². The molecule has 0 heterocycles. The Labute approximate surface area is 75.2 Å². The minimum absolute atomic E-state index is 0.261. The SMILES string of the molecule is Cc1ccc(C(=O)Cl)c(C=O)c1. The first kappa shape index (κ1) is 8.94. The highest BCUT2D eigenvalue weighted by atomic mass is 35.5. The first-order valence-corrected chi connectivity index (χ1v) is 3.78. The third kappa shape index (κ3) is 1.71. The van der Waals surface area contributed by atoms with Gasteiger partial charge in [0.25, 0.3) is 5.24 Å². The maximum atomic E-state index is 10.7. The Hall–Kier alpha value is -1.15. The van der Waals surface area contributed by atoms with Crippen molar-refractivity contribution < 1.29 is 9.59 Å². The molecule has 12 heavy (non-hydrogen) atoms. The van der Waals surface area contributed by atoms with Crippen LogP contribution in [0.2, 0.25) is 0 Å². The number of aryl methyl sites for hydroxylation is 1. The standard InChI is InChI=1S/C9H7ClO2/c1-6-2-3-8(9(10)12)7(4-6)5-11/h2-5H,1H3. The Bertz CT molecular complexity index is 331. The van der Waals surface area contributed by atoms with Gasteiger partial charge in [-0.3, -0.25) is 9.59 Å². The van der Waals surface area contributed by atoms with Crippen LogP contribution in [0.4, 0.5) is 0 Å². The van der Waals surface area contributed by atoms with Gasteiger partial charge in [-0.1, -0.05) is 11.6 Å². The summed E-state index contributed by atoms with van der Waals surface area (Å²) in [5, 5.41) is -0.600. The highest BCUT2D eigenvalue weighted by molar-refractivity contribution is 6.68. The van der Waals surface area contributed by atoms with Gasteiger partial charge in [0, 0.05) is 11.1 Å². The van der Waals surface area contributed by atoms with Gasteiger partial charge in [0.1, 0.15) is 0 Å². The summed E-state index contributed by atoms with van der Waals surface area (Å²) in [5.41, 5.74) is 1.53. The molecule has 0 spiro atoms. The summed E-state index contributed by atoms with van der Waals surface area (Å²) >= 11 is 5.24. The lowest BCUT2D eigenvalue weighted by atomic mass is 10.1. The molecule has 0 fully saturated rings. The first-order chi connectivity index (χ1) is 5.65. The zero-order chi connectivity index (χ0) is 9.14. The normalized spacial score (nSPS) is 9.50. The third-order valence-electron chi connectivity index (χ3n) is 1.55. The fourth-order valence-electron chi connectivity index (χ4n) is 0.959. The van der Waals surface area contributed by atoms with E-state index in [1.54, 1.807) is 18.2 Å². The number of hydrogen-bond acceptors (Lipinski definition) is 2. The lowest BCUT2D eigenvalue weighted by Gasteiger charge is -1.99. The van der Waals surface area contributed by atoms with E-state index in [-0.39, 0.29) is 5.56 Å². The summed E-state index contributed by atoms with van der Waals surface area (Å²) in [4.78, 5) is 21.2. The quantitative estimate of drug-likeness (QED) is 0.519. The number of benzene rings is 1. The predicted octanol–water partition coefficient (Wildman–Crippen LogP) is 2.19. The van der Waals surface area contributed by atoms with Gasteiger partial charge in [0.15, 0.2) is 6.29 Å². The zero-order valence-corrected chi connectivity index (χ0v) is 7.26. The largest absolute Gasteiger partial charge is 0.298 e. The summed E-state index contributed by atoms with van der Waals surface area (Å²) in [7, 11) is 0. The van der Waals surface area contributed by atoms with Crippen molar-refractivity contribution in [3.05, 3.63) is 34.9 Å². The minimum Gasteiger partial charge on any atom is -0.298 e. The molecule has 0 aliphatic rings. The van der Waals surface area contributed by atoms with Crippen LogP contribution >= 0.6 is 11.6 Å². The van der Waals surface area contributed by atoms with E-state index in [9.17, 15) is 9.59 Å². The topological polar surface area (TPSA) is 34.1 Å². The van der Waals surface area contributed by atoms with Crippen LogP contribution in [0.5, 0.6) is 0 Å². The van der Waals surface area contributed by atoms with E-state index in [0.717, 1.165) is 5.56 Å². The molecule has 62 valence electrons. The summed E-state index contributed by atoms with van der Waals surface area (Å²) in [6.07, 6.45) is 0.628. The van der Waals surface area contributed by atoms with Crippen LogP contribution in [0.25, 0.3) is 0 Å². The predicted molar refractivity (Wildman–Crippen MR) is 46.8 cm³/mol. The van der Waals surface area contributed by atoms with E-state index in [1.807, 2.05) is 6.92 Å². The monoisotopic (exact) mass is 182 g/mol. The molecule has 0 N–H and O–H groups in total. The van der Waals surface area contributed by atoms with Crippen LogP contribution < -0.4 is 0 Å². The van der Waals surface area contributed by atoms with Crippen LogP contribution in [-0.2, 0) is 0 Å². The molecule has 0 radical (unpaired) electrons. The number of carbonyl (C=O) groups is 2. The Morgan fingerprint density at radius 3 is 2.67 bits per heavy atom. The fraction of sp³-hybridized carbons (Fsp3) is 0.111. The second kappa shape index (κ2) is 3.50. The van der Waals surface area contributed by atoms with Gasteiger partial charge in [-0.2, -0.15) is 0 Å². The molecule has 3 heteroatoms. The number of rotatable bonds is 2. The molecule has 0 bridgehead atoms. The maximum absolute atomic E-state index is 10.7. The highest BCUT2D eigenvalue weighted by Crippen LogP contribution is 2.11. The second-order valence-electron chi connectivity index (χ2n) is 2.48. The average molecular weight is 183 g/mol. The summed E-state index contributed by atoms with van der Waals surface area (Å²) < 4.78 is 0. The molecule has 0 saturated heterocycles. The van der Waals surface area contributed by atoms with Crippen molar-refractivity contribution >= 4 is 23.1 Å². The van der Waals surface area contributed by atoms with Crippen LogP contribution in [-0.4, -0.2) is 11.5 Å². The molecular formula is C9H7ClO2. The third-order valence-corrected chi connectivity index (χ3v) is 1.75. The Morgan fingerprint density at radius 1 is 1.50 bits per heavy atom. The first-order valence-electron chi connectivity index (χ1n) is 3.41. The Kier molecular flexibility index (Phi) is 2.61. The molecule has 0 atom stereocenters. The second-order valence-corrected chi connectivity index (χ2v) is 2.83. The van der Waals surface area contributed by atoms with E-state index in [4.69, 9.17) is 11.6 Å². The maximum Gasteiger partial charge on any atom is 0.253 e. The Balaban J connectivity index is 3.29. The van der Waals surface area contributed by atoms with E-state index < -0.39 is 5.24 Å². The molecule has 0 unspecified atom stereocenters. The van der Waals surface area contributed by atoms with Crippen molar-refractivity contribution in [3.63, 3.8) is 0 Å². The van der Waals surface area contributed by atoms with Gasteiger partial charge >= 0.3 is 0 Å². The molecule has 2 nitrogen and oxygen atoms in total. The molecule has 0 aliphatic carbocycles. The van der Waals surface area contributed by atoms with Crippen LogP contribution in [0, 0.1) is 6.92 Å². The summed E-state index contributed by atoms with van der Waals surface area (Å²) in [6.45, 7) is 1.84. The average Bonchev–Trinajstić information content (AvgIpc) is 2.03. The molecular weight excluding hydrogens is 176 g/mol. The summed E-state index contributed by atoms with van der Waals surface area (Å²) in [5.74, 6) is 0. The minimum atomic E-state index is -0.600. The lowest BCUT2D eigenvalue weighted by Crippen LogP contribution is -1.96. The van der Waals surface area contributed by atoms with Gasteiger partial charge in [-0.25, -0.2) is 0 Å². The fourth-order valence-corrected chi connectivity index (χ4v) is 1.13. The number of carbonyl (C=O) groups excluding carboxylic acids is 2. The van der Waals surface area contributed by atoms with Gasteiger partial charge in [-0.15, -0.1) is 0 Å². The number of halogens is 1. The van der Waals surface area contributed by atoms with Crippen LogP contribution in [0.1, 0.15) is 26.3 Å². The van der Waals surface area contributed by atoms with Gasteiger partial charge in [0.05, 0.1) is 0 Å². The van der Waals surface area contributed by atoms with Crippen LogP contribution in [0.15, 0.2) is 18.2 Å². The molecule has 0 amide bonds. The van der Waals surface area contributed by atoms with E-state index in [0.29, 0.717) is 11.8 Å². The molecule has 1 rings (SSSR count). The van der Waals surface area contributed by atoms with E-state index in [1.165, 1.54) is 0 Å². The number of hydrogen-bond donors (Lipinski definition) is 0. The van der Waals surface area contributed by atoms with Gasteiger partial charge in [0.2, 0.25) is 0 Å². The van der Waals surface area contributed by atoms with Crippen LogP contribution in [0.3, 0.4) is 0 Å². The van der Waals surface area contributed by atoms with Crippen molar-refractivity contribution in [1.29, 1.82) is 0 Å². The van der Waals surface area contributed by atoms with Crippen molar-refractivity contribution in [1.82, 2.24) is 0 Å². The summed E-state index contributed by atoms with van der Waals surface area (Å²) in [6, 6.07) is 4.92. The van der Waals surface area contributed by atoms with Gasteiger partial charge < -0.3 is 0 Å². The Morgan fingerprint density at radius 2 is 2.17 bits per heavy atom. The van der Waals surface area contributed by atoms with Gasteiger partial charge in [-0.05, 0) is 30.7 Å². The van der Waals surface area contributed by atoms with E-state index >= 15 is 0 Å². The molecule has 0 aliphatic heterocycles. The lowest BCUT2D eigenvalue weighted by molar-refractivity contribution is 0.106. The smallest absolute Gasteiger partial charge is 0.253 e. The molecule has 1 aromatic carbocycles. The van der Waals surface area contributed by atoms with Crippen molar-refractivity contribution in [2.45, 2.75) is 6.92 Å². The highest BCUT2D eigenvalue weighted by Gasteiger charge is 2.07. The molecule has 1 aromatic rings. The molecule has 0 aromatic heterocycles. The van der Waals surface area contributed by atoms with Crippen molar-refractivity contribution in [2.75, 3.05) is 0 Å².